The first-order valence-electron chi connectivity index (χ1n) is 6.78. The maximum atomic E-state index is 8.98. The molecule has 2 aromatic rings. The van der Waals surface area contributed by atoms with Gasteiger partial charge in [0.25, 0.3) is 0 Å². The number of rotatable bonds is 3. The maximum absolute atomic E-state index is 8.98. The molecule has 3 rings (SSSR count). The van der Waals surface area contributed by atoms with E-state index in [2.05, 4.69) is 20.0 Å². The van der Waals surface area contributed by atoms with Crippen molar-refractivity contribution in [3.63, 3.8) is 0 Å². The number of fused-ring (bicyclic) bond motifs is 1. The van der Waals surface area contributed by atoms with Crippen LogP contribution in [0.5, 0.6) is 0 Å². The Balaban J connectivity index is 1.87. The number of benzene rings is 1. The highest BCUT2D eigenvalue weighted by Gasteiger charge is 2.20. The fourth-order valence-corrected chi connectivity index (χ4v) is 2.82. The second kappa shape index (κ2) is 5.91. The van der Waals surface area contributed by atoms with Gasteiger partial charge in [-0.1, -0.05) is 35.9 Å². The number of nitrogens with zero attached hydrogens (tertiary/aromatic N) is 4. The number of piperazine rings is 1. The number of aliphatic hydroxyl groups is 1. The van der Waals surface area contributed by atoms with Gasteiger partial charge in [0.15, 0.2) is 11.0 Å². The van der Waals surface area contributed by atoms with Crippen molar-refractivity contribution in [3.05, 3.63) is 29.4 Å². The van der Waals surface area contributed by atoms with Crippen LogP contribution in [0.25, 0.3) is 10.8 Å². The first kappa shape index (κ1) is 13.5. The van der Waals surface area contributed by atoms with Crippen LogP contribution in [0.1, 0.15) is 0 Å². The van der Waals surface area contributed by atoms with Crippen molar-refractivity contribution in [2.45, 2.75) is 0 Å². The third kappa shape index (κ3) is 2.57. The van der Waals surface area contributed by atoms with Crippen LogP contribution in [0.2, 0.25) is 5.15 Å². The summed E-state index contributed by atoms with van der Waals surface area (Å²) < 4.78 is 0. The summed E-state index contributed by atoms with van der Waals surface area (Å²) >= 11 is 6.10. The molecule has 0 bridgehead atoms. The first-order valence-corrected chi connectivity index (χ1v) is 7.16. The van der Waals surface area contributed by atoms with E-state index in [1.165, 1.54) is 0 Å². The lowest BCUT2D eigenvalue weighted by Gasteiger charge is -2.35. The van der Waals surface area contributed by atoms with Gasteiger partial charge in [-0.2, -0.15) is 0 Å². The van der Waals surface area contributed by atoms with Crippen molar-refractivity contribution >= 4 is 28.2 Å². The molecule has 1 aliphatic rings. The number of aliphatic hydroxyl groups excluding tert-OH is 1. The summed E-state index contributed by atoms with van der Waals surface area (Å²) in [4.78, 5) is 4.49. The molecule has 106 valence electrons. The SMILES string of the molecule is OCCN1CCN(c2nnc(Cl)c3ccccc23)CC1. The number of anilines is 1. The molecule has 1 saturated heterocycles. The van der Waals surface area contributed by atoms with Gasteiger partial charge in [0.1, 0.15) is 0 Å². The monoisotopic (exact) mass is 292 g/mol. The first-order chi connectivity index (χ1) is 9.79. The largest absolute Gasteiger partial charge is 0.395 e. The third-order valence-electron chi connectivity index (χ3n) is 3.71. The molecule has 0 radical (unpaired) electrons. The van der Waals surface area contributed by atoms with Gasteiger partial charge in [-0.15, -0.1) is 10.2 Å². The number of aromatic nitrogens is 2. The van der Waals surface area contributed by atoms with Crippen LogP contribution in [0.3, 0.4) is 0 Å². The normalized spacial score (nSPS) is 16.8. The summed E-state index contributed by atoms with van der Waals surface area (Å²) in [6.07, 6.45) is 0. The summed E-state index contributed by atoms with van der Waals surface area (Å²) in [5.41, 5.74) is 0. The smallest absolute Gasteiger partial charge is 0.159 e. The number of β-amino-alcohol motifs (C(OH)–C–C–N with tert-alkyl or cyclic N) is 1. The van der Waals surface area contributed by atoms with Gasteiger partial charge in [-0.3, -0.25) is 4.90 Å². The summed E-state index contributed by atoms with van der Waals surface area (Å²) in [5, 5.41) is 19.7. The molecule has 5 nitrogen and oxygen atoms in total. The van der Waals surface area contributed by atoms with Crippen molar-refractivity contribution in [1.82, 2.24) is 15.1 Å². The Morgan fingerprint density at radius 1 is 1.05 bits per heavy atom. The van der Waals surface area contributed by atoms with Gasteiger partial charge in [-0.25, -0.2) is 0 Å². The lowest BCUT2D eigenvalue weighted by Crippen LogP contribution is -2.47. The predicted octanol–water partition coefficient (Wildman–Crippen LogP) is 1.40. The molecule has 1 aliphatic heterocycles. The lowest BCUT2D eigenvalue weighted by atomic mass is 10.1. The van der Waals surface area contributed by atoms with Crippen molar-refractivity contribution < 1.29 is 5.11 Å². The lowest BCUT2D eigenvalue weighted by molar-refractivity contribution is 0.188. The Hall–Kier alpha value is -1.43. The average molecular weight is 293 g/mol. The average Bonchev–Trinajstić information content (AvgIpc) is 2.49. The topological polar surface area (TPSA) is 52.5 Å². The van der Waals surface area contributed by atoms with Crippen LogP contribution in [0, 0.1) is 0 Å². The van der Waals surface area contributed by atoms with Gasteiger partial charge < -0.3 is 10.0 Å². The van der Waals surface area contributed by atoms with E-state index in [9.17, 15) is 0 Å². The van der Waals surface area contributed by atoms with E-state index in [-0.39, 0.29) is 6.61 Å². The van der Waals surface area contributed by atoms with Crippen LogP contribution in [0.4, 0.5) is 5.82 Å². The molecule has 0 spiro atoms. The Labute approximate surface area is 122 Å². The van der Waals surface area contributed by atoms with Crippen LogP contribution in [0.15, 0.2) is 24.3 Å². The van der Waals surface area contributed by atoms with Gasteiger partial charge in [-0.05, 0) is 0 Å². The highest BCUT2D eigenvalue weighted by Crippen LogP contribution is 2.28. The standard InChI is InChI=1S/C14H17ClN4O/c15-13-11-3-1-2-4-12(11)14(17-16-13)19-7-5-18(6-8-19)9-10-20/h1-4,20H,5-10H2. The molecule has 1 fully saturated rings. The van der Waals surface area contributed by atoms with E-state index in [1.807, 2.05) is 24.3 Å². The second-order valence-electron chi connectivity index (χ2n) is 4.91. The quantitative estimate of drug-likeness (QED) is 0.927. The van der Waals surface area contributed by atoms with Gasteiger partial charge in [0.05, 0.1) is 6.61 Å². The van der Waals surface area contributed by atoms with Crippen molar-refractivity contribution in [3.8, 4) is 0 Å². The van der Waals surface area contributed by atoms with E-state index in [1.54, 1.807) is 0 Å². The Kier molecular flexibility index (Phi) is 4.00. The van der Waals surface area contributed by atoms with Gasteiger partial charge in [0, 0.05) is 43.5 Å². The molecule has 0 aliphatic carbocycles. The number of halogens is 1. The number of hydrogen-bond acceptors (Lipinski definition) is 5. The molecular weight excluding hydrogens is 276 g/mol. The van der Waals surface area contributed by atoms with E-state index in [0.29, 0.717) is 5.15 Å². The van der Waals surface area contributed by atoms with Gasteiger partial charge in [0.2, 0.25) is 0 Å². The van der Waals surface area contributed by atoms with Crippen LogP contribution in [-0.4, -0.2) is 59.5 Å². The molecule has 0 saturated carbocycles. The van der Waals surface area contributed by atoms with Crippen molar-refractivity contribution in [2.24, 2.45) is 0 Å². The Morgan fingerprint density at radius 2 is 1.75 bits per heavy atom. The third-order valence-corrected chi connectivity index (χ3v) is 3.99. The van der Waals surface area contributed by atoms with E-state index in [0.717, 1.165) is 49.3 Å². The summed E-state index contributed by atoms with van der Waals surface area (Å²) in [7, 11) is 0. The summed E-state index contributed by atoms with van der Waals surface area (Å²) in [6.45, 7) is 4.59. The highest BCUT2D eigenvalue weighted by atomic mass is 35.5. The van der Waals surface area contributed by atoms with Crippen LogP contribution >= 0.6 is 11.6 Å². The molecule has 1 aromatic carbocycles. The Morgan fingerprint density at radius 3 is 2.45 bits per heavy atom. The minimum atomic E-state index is 0.212. The number of hydrogen-bond donors (Lipinski definition) is 1. The molecule has 20 heavy (non-hydrogen) atoms. The fraction of sp³-hybridized carbons (Fsp3) is 0.429. The van der Waals surface area contributed by atoms with E-state index < -0.39 is 0 Å². The molecule has 1 N–H and O–H groups in total. The minimum Gasteiger partial charge on any atom is -0.395 e. The Bertz CT molecular complexity index is 599. The van der Waals surface area contributed by atoms with Crippen LogP contribution in [-0.2, 0) is 0 Å². The van der Waals surface area contributed by atoms with E-state index >= 15 is 0 Å². The molecule has 1 aromatic heterocycles. The molecular formula is C14H17ClN4O. The minimum absolute atomic E-state index is 0.212. The van der Waals surface area contributed by atoms with Crippen LogP contribution < -0.4 is 4.90 Å². The molecule has 0 amide bonds. The highest BCUT2D eigenvalue weighted by molar-refractivity contribution is 6.34. The zero-order valence-corrected chi connectivity index (χ0v) is 11.9. The predicted molar refractivity (Wildman–Crippen MR) is 80.3 cm³/mol. The second-order valence-corrected chi connectivity index (χ2v) is 5.27. The zero-order chi connectivity index (χ0) is 13.9. The van der Waals surface area contributed by atoms with Crippen molar-refractivity contribution in [2.75, 3.05) is 44.2 Å². The zero-order valence-electron chi connectivity index (χ0n) is 11.2. The summed E-state index contributed by atoms with van der Waals surface area (Å²) in [5.74, 6) is 0.897. The molecule has 0 atom stereocenters. The molecule has 2 heterocycles. The molecule has 6 heteroatoms. The van der Waals surface area contributed by atoms with E-state index in [4.69, 9.17) is 16.7 Å². The summed E-state index contributed by atoms with van der Waals surface area (Å²) in [6, 6.07) is 7.95. The fourth-order valence-electron chi connectivity index (χ4n) is 2.62. The maximum Gasteiger partial charge on any atom is 0.159 e. The molecule has 0 unspecified atom stereocenters. The van der Waals surface area contributed by atoms with Crippen molar-refractivity contribution in [1.29, 1.82) is 0 Å². The van der Waals surface area contributed by atoms with Gasteiger partial charge >= 0.3 is 0 Å².